The second-order valence-corrected chi connectivity index (χ2v) is 8.38. The molecule has 4 rings (SSSR count). The molecular weight excluding hydrogens is 426 g/mol. The van der Waals surface area contributed by atoms with E-state index in [2.05, 4.69) is 59.1 Å². The second-order valence-electron chi connectivity index (χ2n) is 6.93. The molecule has 1 aliphatic heterocycles. The fraction of sp³-hybridized carbons (Fsp3) is 0.130. The number of hydrogen-bond donors (Lipinski definition) is 3. The van der Waals surface area contributed by atoms with Crippen LogP contribution in [0, 0.1) is 0 Å². The third kappa shape index (κ3) is 4.30. The molecule has 31 heavy (non-hydrogen) atoms. The Morgan fingerprint density at radius 1 is 1.26 bits per heavy atom. The summed E-state index contributed by atoms with van der Waals surface area (Å²) in [4.78, 5) is 15.9. The van der Waals surface area contributed by atoms with Crippen LogP contribution in [0.1, 0.15) is 13.3 Å². The topological polar surface area (TPSA) is 73.6 Å². The number of amides is 1. The van der Waals surface area contributed by atoms with Gasteiger partial charge in [0.05, 0.1) is 16.4 Å². The van der Waals surface area contributed by atoms with E-state index in [1.165, 1.54) is 21.2 Å². The lowest BCUT2D eigenvalue weighted by Gasteiger charge is -2.27. The summed E-state index contributed by atoms with van der Waals surface area (Å²) in [5, 5.41) is 1.51. The van der Waals surface area contributed by atoms with Crippen molar-refractivity contribution in [3.63, 3.8) is 0 Å². The van der Waals surface area contributed by atoms with Gasteiger partial charge in [0.1, 0.15) is 0 Å². The summed E-state index contributed by atoms with van der Waals surface area (Å²) in [7, 11) is 0. The number of allylic oxidation sites excluding steroid dienone is 4. The molecule has 0 unspecified atom stereocenters. The van der Waals surface area contributed by atoms with Gasteiger partial charge in [0.25, 0.3) is 0 Å². The molecule has 0 spiro atoms. The molecule has 0 fully saturated rings. The molecule has 6 nitrogen and oxygen atoms in total. The van der Waals surface area contributed by atoms with E-state index in [9.17, 15) is 4.79 Å². The highest BCUT2D eigenvalue weighted by molar-refractivity contribution is 8.03. The van der Waals surface area contributed by atoms with E-state index in [1.807, 2.05) is 35.2 Å². The molecule has 0 saturated heterocycles. The zero-order valence-electron chi connectivity index (χ0n) is 17.0. The van der Waals surface area contributed by atoms with Gasteiger partial charge >= 0.3 is 0 Å². The Balaban J connectivity index is 1.68. The molecule has 0 saturated carbocycles. The van der Waals surface area contributed by atoms with Gasteiger partial charge in [-0.2, -0.15) is 0 Å². The van der Waals surface area contributed by atoms with Crippen molar-refractivity contribution in [1.29, 1.82) is 0 Å². The molecule has 2 aromatic carbocycles. The number of para-hydroxylation sites is 1. The van der Waals surface area contributed by atoms with Crippen LogP contribution in [0.15, 0.2) is 88.0 Å². The van der Waals surface area contributed by atoms with Crippen molar-refractivity contribution in [2.45, 2.75) is 18.2 Å². The van der Waals surface area contributed by atoms with E-state index < -0.39 is 0 Å². The molecule has 0 aromatic heterocycles. The molecule has 2 aliphatic rings. The van der Waals surface area contributed by atoms with Gasteiger partial charge in [0.2, 0.25) is 6.41 Å². The Hall–Kier alpha value is -3.23. The zero-order valence-corrected chi connectivity index (χ0v) is 18.7. The number of thiocarbonyl (C=S) groups is 1. The number of carbonyl (C=O) groups is 1. The predicted molar refractivity (Wildman–Crippen MR) is 133 cm³/mol. The Morgan fingerprint density at radius 2 is 2.03 bits per heavy atom. The Bertz CT molecular complexity index is 1090. The summed E-state index contributed by atoms with van der Waals surface area (Å²) < 4.78 is 0. The van der Waals surface area contributed by atoms with Crippen LogP contribution in [-0.2, 0) is 4.79 Å². The van der Waals surface area contributed by atoms with E-state index in [0.717, 1.165) is 30.0 Å². The van der Waals surface area contributed by atoms with E-state index in [4.69, 9.17) is 18.0 Å². The van der Waals surface area contributed by atoms with Crippen LogP contribution in [0.25, 0.3) is 0 Å². The number of nitrogens with zero attached hydrogens (tertiary/aromatic N) is 2. The fourth-order valence-electron chi connectivity index (χ4n) is 3.68. The van der Waals surface area contributed by atoms with Crippen LogP contribution >= 0.6 is 24.0 Å². The summed E-state index contributed by atoms with van der Waals surface area (Å²) in [6.45, 7) is 3.07. The monoisotopic (exact) mass is 449 g/mol. The smallest absolute Gasteiger partial charge is 0.225 e. The van der Waals surface area contributed by atoms with E-state index >= 15 is 0 Å². The number of benzene rings is 2. The van der Waals surface area contributed by atoms with Crippen molar-refractivity contribution >= 4 is 52.6 Å². The molecule has 1 aliphatic carbocycles. The summed E-state index contributed by atoms with van der Waals surface area (Å²) in [6.07, 6.45) is 7.79. The van der Waals surface area contributed by atoms with Crippen LogP contribution < -0.4 is 26.4 Å². The standard InChI is InChI=1S/C23H23N5OS2/c1-2-27-20-8-3-4-9-21(20)31-22(27)16-6-5-7-19(14-16)28(23(24)30)18-12-10-17(11-13-18)26-25-15-29/h3-5,7-15,26H,2,6H2,1H3,(H2,24,30)(H,25,29). The first-order valence-corrected chi connectivity index (χ1v) is 11.2. The molecule has 2 aromatic rings. The highest BCUT2D eigenvalue weighted by atomic mass is 32.2. The molecule has 0 atom stereocenters. The van der Waals surface area contributed by atoms with Gasteiger partial charge in [-0.1, -0.05) is 30.0 Å². The average molecular weight is 450 g/mol. The minimum atomic E-state index is 0.267. The maximum atomic E-state index is 10.5. The zero-order chi connectivity index (χ0) is 21.8. The first kappa shape index (κ1) is 21.0. The van der Waals surface area contributed by atoms with Gasteiger partial charge in [0, 0.05) is 22.8 Å². The van der Waals surface area contributed by atoms with Crippen molar-refractivity contribution in [3.8, 4) is 0 Å². The van der Waals surface area contributed by atoms with Crippen LogP contribution in [0.4, 0.5) is 17.1 Å². The Labute approximate surface area is 191 Å². The van der Waals surface area contributed by atoms with Gasteiger partial charge in [-0.3, -0.25) is 20.5 Å². The maximum absolute atomic E-state index is 10.5. The van der Waals surface area contributed by atoms with E-state index in [-0.39, 0.29) is 5.11 Å². The molecular formula is C23H23N5OS2. The molecule has 158 valence electrons. The summed E-state index contributed by atoms with van der Waals surface area (Å²) in [6, 6.07) is 16.0. The highest BCUT2D eigenvalue weighted by Gasteiger charge is 2.27. The number of carbonyl (C=O) groups excluding carboxylic acids is 1. The first-order valence-electron chi connectivity index (χ1n) is 9.93. The number of anilines is 3. The molecule has 0 radical (unpaired) electrons. The second kappa shape index (κ2) is 9.28. The number of rotatable bonds is 6. The third-order valence-electron chi connectivity index (χ3n) is 5.03. The SMILES string of the molecule is CCN1C(=C2C=C(N(C(N)=S)c3ccc(NNC=O)cc3)C=CC2)Sc2ccccc21. The summed E-state index contributed by atoms with van der Waals surface area (Å²) in [5.41, 5.74) is 16.3. The first-order chi connectivity index (χ1) is 15.1. The predicted octanol–water partition coefficient (Wildman–Crippen LogP) is 4.50. The molecule has 4 N–H and O–H groups in total. The summed E-state index contributed by atoms with van der Waals surface area (Å²) >= 11 is 7.19. The van der Waals surface area contributed by atoms with Gasteiger partial charge in [-0.25, -0.2) is 0 Å². The number of nitrogens with two attached hydrogens (primary N) is 1. The fourth-order valence-corrected chi connectivity index (χ4v) is 5.14. The number of thioether (sulfide) groups is 1. The maximum Gasteiger partial charge on any atom is 0.225 e. The Kier molecular flexibility index (Phi) is 6.29. The van der Waals surface area contributed by atoms with Crippen molar-refractivity contribution in [1.82, 2.24) is 5.43 Å². The van der Waals surface area contributed by atoms with Crippen LogP contribution in [0.3, 0.4) is 0 Å². The molecule has 1 amide bonds. The van der Waals surface area contributed by atoms with Crippen molar-refractivity contribution in [3.05, 3.63) is 83.1 Å². The van der Waals surface area contributed by atoms with Crippen molar-refractivity contribution in [2.75, 3.05) is 21.8 Å². The minimum absolute atomic E-state index is 0.267. The lowest BCUT2D eigenvalue weighted by molar-refractivity contribution is -0.109. The third-order valence-corrected chi connectivity index (χ3v) is 6.45. The van der Waals surface area contributed by atoms with E-state index in [1.54, 1.807) is 11.8 Å². The van der Waals surface area contributed by atoms with E-state index in [0.29, 0.717) is 6.41 Å². The molecule has 0 bridgehead atoms. The highest BCUT2D eigenvalue weighted by Crippen LogP contribution is 2.48. The quantitative estimate of drug-likeness (QED) is 0.341. The van der Waals surface area contributed by atoms with Gasteiger partial charge in [0.15, 0.2) is 5.11 Å². The number of hydrazine groups is 1. The normalized spacial score (nSPS) is 17.1. The molecule has 1 heterocycles. The number of fused-ring (bicyclic) bond motifs is 1. The van der Waals surface area contributed by atoms with Gasteiger partial charge in [-0.05, 0) is 79.7 Å². The van der Waals surface area contributed by atoms with Gasteiger partial charge < -0.3 is 10.6 Å². The number of hydrogen-bond acceptors (Lipinski definition) is 5. The lowest BCUT2D eigenvalue weighted by atomic mass is 10.0. The van der Waals surface area contributed by atoms with Crippen molar-refractivity contribution in [2.24, 2.45) is 5.73 Å². The average Bonchev–Trinajstić information content (AvgIpc) is 3.17. The van der Waals surface area contributed by atoms with Crippen LogP contribution in [-0.4, -0.2) is 18.1 Å². The van der Waals surface area contributed by atoms with Crippen molar-refractivity contribution < 1.29 is 4.79 Å². The Morgan fingerprint density at radius 3 is 2.74 bits per heavy atom. The lowest BCUT2D eigenvalue weighted by Crippen LogP contribution is -2.34. The van der Waals surface area contributed by atoms with Crippen LogP contribution in [0.2, 0.25) is 0 Å². The van der Waals surface area contributed by atoms with Gasteiger partial charge in [-0.15, -0.1) is 0 Å². The molecule has 8 heteroatoms. The van der Waals surface area contributed by atoms with Crippen LogP contribution in [0.5, 0.6) is 0 Å². The largest absolute Gasteiger partial charge is 0.376 e. The summed E-state index contributed by atoms with van der Waals surface area (Å²) in [5.74, 6) is 0. The number of nitrogens with one attached hydrogen (secondary N) is 2. The minimum Gasteiger partial charge on any atom is -0.376 e.